The minimum atomic E-state index is 0.236. The molecule has 1 amide bonds. The van der Waals surface area contributed by atoms with E-state index < -0.39 is 0 Å². The zero-order valence-corrected chi connectivity index (χ0v) is 11.2. The summed E-state index contributed by atoms with van der Waals surface area (Å²) in [6.45, 7) is 0.919. The monoisotopic (exact) mass is 250 g/mol. The van der Waals surface area contributed by atoms with E-state index in [0.717, 1.165) is 37.1 Å². The first-order chi connectivity index (χ1) is 8.72. The number of carbonyl (C=O) groups excluding carboxylic acids is 1. The zero-order valence-electron chi connectivity index (χ0n) is 11.2. The van der Waals surface area contributed by atoms with Crippen molar-refractivity contribution in [2.75, 3.05) is 6.54 Å². The summed E-state index contributed by atoms with van der Waals surface area (Å²) < 4.78 is 0. The van der Waals surface area contributed by atoms with Crippen molar-refractivity contribution in [1.29, 1.82) is 0 Å². The van der Waals surface area contributed by atoms with E-state index in [4.69, 9.17) is 5.73 Å². The average Bonchev–Trinajstić information content (AvgIpc) is 3.04. The molecular weight excluding hydrogens is 224 g/mol. The Labute approximate surface area is 110 Å². The molecule has 0 heterocycles. The van der Waals surface area contributed by atoms with Crippen LogP contribution in [0.5, 0.6) is 0 Å². The van der Waals surface area contributed by atoms with E-state index in [-0.39, 0.29) is 11.9 Å². The highest BCUT2D eigenvalue weighted by Gasteiger charge is 2.39. The van der Waals surface area contributed by atoms with Crippen molar-refractivity contribution < 1.29 is 4.79 Å². The van der Waals surface area contributed by atoms with Crippen LogP contribution in [-0.2, 0) is 4.79 Å². The van der Waals surface area contributed by atoms with Gasteiger partial charge in [-0.05, 0) is 55.8 Å². The first kappa shape index (κ1) is 12.5. The maximum atomic E-state index is 11.9. The lowest BCUT2D eigenvalue weighted by Gasteiger charge is -2.22. The summed E-state index contributed by atoms with van der Waals surface area (Å²) in [5.74, 6) is 3.32. The molecule has 2 bridgehead atoms. The molecule has 3 aliphatic rings. The van der Waals surface area contributed by atoms with Gasteiger partial charge < -0.3 is 11.1 Å². The number of nitrogens with one attached hydrogen (secondary N) is 1. The van der Waals surface area contributed by atoms with Crippen LogP contribution in [0.15, 0.2) is 0 Å². The maximum absolute atomic E-state index is 11.9. The number of amides is 1. The van der Waals surface area contributed by atoms with Gasteiger partial charge in [-0.15, -0.1) is 0 Å². The highest BCUT2D eigenvalue weighted by Crippen LogP contribution is 2.47. The van der Waals surface area contributed by atoms with Gasteiger partial charge in [0.1, 0.15) is 0 Å². The Bertz CT molecular complexity index is 318. The van der Waals surface area contributed by atoms with Crippen LogP contribution in [0.25, 0.3) is 0 Å². The molecule has 0 aliphatic heterocycles. The lowest BCUT2D eigenvalue weighted by molar-refractivity contribution is -0.122. The van der Waals surface area contributed by atoms with Gasteiger partial charge in [0.05, 0.1) is 0 Å². The molecule has 0 aromatic heterocycles. The van der Waals surface area contributed by atoms with E-state index in [9.17, 15) is 4.79 Å². The van der Waals surface area contributed by atoms with Crippen LogP contribution in [0.2, 0.25) is 0 Å². The first-order valence-electron chi connectivity index (χ1n) is 7.74. The number of rotatable bonds is 4. The van der Waals surface area contributed by atoms with E-state index in [1.165, 1.54) is 32.1 Å². The SMILES string of the molecule is N[C@@H]1CCC[C@H]1CC(=O)NCC1CC2CCC1C2. The Morgan fingerprint density at radius 2 is 2.00 bits per heavy atom. The molecule has 3 saturated carbocycles. The third kappa shape index (κ3) is 2.56. The van der Waals surface area contributed by atoms with Gasteiger partial charge in [-0.2, -0.15) is 0 Å². The van der Waals surface area contributed by atoms with Crippen molar-refractivity contribution in [3.63, 3.8) is 0 Å². The molecule has 0 aromatic rings. The van der Waals surface area contributed by atoms with Crippen molar-refractivity contribution in [1.82, 2.24) is 5.32 Å². The van der Waals surface area contributed by atoms with Crippen LogP contribution in [-0.4, -0.2) is 18.5 Å². The van der Waals surface area contributed by atoms with Crippen molar-refractivity contribution in [3.8, 4) is 0 Å². The quantitative estimate of drug-likeness (QED) is 0.802. The van der Waals surface area contributed by atoms with Crippen LogP contribution < -0.4 is 11.1 Å². The second-order valence-corrected chi connectivity index (χ2v) is 6.80. The molecule has 0 radical (unpaired) electrons. The predicted molar refractivity (Wildman–Crippen MR) is 71.9 cm³/mol. The van der Waals surface area contributed by atoms with E-state index in [2.05, 4.69) is 5.32 Å². The van der Waals surface area contributed by atoms with E-state index in [0.29, 0.717) is 12.3 Å². The van der Waals surface area contributed by atoms with Gasteiger partial charge in [0.15, 0.2) is 0 Å². The lowest BCUT2D eigenvalue weighted by Crippen LogP contribution is -2.35. The Balaban J connectivity index is 1.39. The third-order valence-electron chi connectivity index (χ3n) is 5.61. The van der Waals surface area contributed by atoms with Crippen LogP contribution in [0.3, 0.4) is 0 Å². The fraction of sp³-hybridized carbons (Fsp3) is 0.933. The Morgan fingerprint density at radius 1 is 1.11 bits per heavy atom. The summed E-state index contributed by atoms with van der Waals surface area (Å²) in [7, 11) is 0. The van der Waals surface area contributed by atoms with Crippen LogP contribution in [0.1, 0.15) is 51.4 Å². The number of hydrogen-bond acceptors (Lipinski definition) is 2. The smallest absolute Gasteiger partial charge is 0.220 e. The van der Waals surface area contributed by atoms with Crippen LogP contribution >= 0.6 is 0 Å². The molecule has 18 heavy (non-hydrogen) atoms. The molecule has 3 rings (SSSR count). The average molecular weight is 250 g/mol. The number of carbonyl (C=O) groups is 1. The van der Waals surface area contributed by atoms with Gasteiger partial charge in [-0.25, -0.2) is 0 Å². The van der Waals surface area contributed by atoms with Gasteiger partial charge in [0.2, 0.25) is 5.91 Å². The highest BCUT2D eigenvalue weighted by molar-refractivity contribution is 5.76. The summed E-state index contributed by atoms with van der Waals surface area (Å²) in [4.78, 5) is 11.9. The minimum absolute atomic E-state index is 0.236. The molecule has 3 unspecified atom stereocenters. The molecule has 0 saturated heterocycles. The van der Waals surface area contributed by atoms with Gasteiger partial charge in [0.25, 0.3) is 0 Å². The second kappa shape index (κ2) is 5.20. The zero-order chi connectivity index (χ0) is 12.5. The second-order valence-electron chi connectivity index (χ2n) is 6.80. The van der Waals surface area contributed by atoms with Crippen molar-refractivity contribution in [3.05, 3.63) is 0 Å². The summed E-state index contributed by atoms with van der Waals surface area (Å²) in [5, 5.41) is 3.16. The van der Waals surface area contributed by atoms with Crippen LogP contribution in [0.4, 0.5) is 0 Å². The van der Waals surface area contributed by atoms with Crippen molar-refractivity contribution in [2.45, 2.75) is 57.4 Å². The van der Waals surface area contributed by atoms with E-state index in [1.807, 2.05) is 0 Å². The minimum Gasteiger partial charge on any atom is -0.356 e. The van der Waals surface area contributed by atoms with Gasteiger partial charge in [0, 0.05) is 19.0 Å². The number of nitrogens with two attached hydrogens (primary N) is 1. The van der Waals surface area contributed by atoms with Crippen molar-refractivity contribution in [2.24, 2.45) is 29.4 Å². The third-order valence-corrected chi connectivity index (χ3v) is 5.61. The largest absolute Gasteiger partial charge is 0.356 e. The van der Waals surface area contributed by atoms with E-state index in [1.54, 1.807) is 0 Å². The molecule has 3 fully saturated rings. The molecule has 0 spiro atoms. The first-order valence-corrected chi connectivity index (χ1v) is 7.74. The number of fused-ring (bicyclic) bond motifs is 2. The fourth-order valence-electron chi connectivity index (χ4n) is 4.50. The van der Waals surface area contributed by atoms with Gasteiger partial charge in [-0.3, -0.25) is 4.79 Å². The molecule has 102 valence electrons. The molecular formula is C15H26N2O. The van der Waals surface area contributed by atoms with Crippen molar-refractivity contribution >= 4 is 5.91 Å². The Kier molecular flexibility index (Phi) is 3.60. The van der Waals surface area contributed by atoms with Crippen LogP contribution in [0, 0.1) is 23.7 Å². The Hall–Kier alpha value is -0.570. The highest BCUT2D eigenvalue weighted by atomic mass is 16.1. The molecule has 3 N–H and O–H groups in total. The fourth-order valence-corrected chi connectivity index (χ4v) is 4.50. The van der Waals surface area contributed by atoms with Gasteiger partial charge in [-0.1, -0.05) is 12.8 Å². The van der Waals surface area contributed by atoms with Gasteiger partial charge >= 0.3 is 0 Å². The summed E-state index contributed by atoms with van der Waals surface area (Å²) in [5.41, 5.74) is 6.01. The molecule has 3 aliphatic carbocycles. The van der Waals surface area contributed by atoms with E-state index >= 15 is 0 Å². The summed E-state index contributed by atoms with van der Waals surface area (Å²) in [6, 6.07) is 0.262. The summed E-state index contributed by atoms with van der Waals surface area (Å²) in [6.07, 6.45) is 9.72. The molecule has 3 heteroatoms. The standard InChI is InChI=1S/C15H26N2O/c16-14-3-1-2-12(14)8-15(18)17-9-13-7-10-4-5-11(13)6-10/h10-14H,1-9,16H2,(H,17,18)/t10?,11?,12-,13?,14+/m0/s1. The predicted octanol–water partition coefficient (Wildman–Crippen LogP) is 2.06. The number of hydrogen-bond donors (Lipinski definition) is 2. The molecule has 5 atom stereocenters. The molecule has 0 aromatic carbocycles. The topological polar surface area (TPSA) is 55.1 Å². The lowest BCUT2D eigenvalue weighted by atomic mass is 9.89. The molecule has 3 nitrogen and oxygen atoms in total. The summed E-state index contributed by atoms with van der Waals surface area (Å²) >= 11 is 0. The maximum Gasteiger partial charge on any atom is 0.220 e. The normalized spacial score (nSPS) is 42.4. The Morgan fingerprint density at radius 3 is 2.61 bits per heavy atom.